The van der Waals surface area contributed by atoms with E-state index in [1.807, 2.05) is 11.9 Å². The van der Waals surface area contributed by atoms with Crippen molar-refractivity contribution in [2.75, 3.05) is 44.7 Å². The van der Waals surface area contributed by atoms with Crippen molar-refractivity contribution in [3.8, 4) is 5.75 Å². The molecule has 0 spiro atoms. The molecule has 1 saturated heterocycles. The van der Waals surface area contributed by atoms with Gasteiger partial charge in [0.05, 0.1) is 4.92 Å². The third kappa shape index (κ3) is 4.23. The summed E-state index contributed by atoms with van der Waals surface area (Å²) < 4.78 is 41.0. The van der Waals surface area contributed by atoms with Gasteiger partial charge in [-0.05, 0) is 19.2 Å². The van der Waals surface area contributed by atoms with Crippen LogP contribution in [0.2, 0.25) is 0 Å². The monoisotopic (exact) mass is 319 g/mol. The van der Waals surface area contributed by atoms with Gasteiger partial charge in [-0.2, -0.15) is 13.2 Å². The van der Waals surface area contributed by atoms with Crippen LogP contribution in [0.5, 0.6) is 5.75 Å². The van der Waals surface area contributed by atoms with Crippen LogP contribution in [0, 0.1) is 10.1 Å². The van der Waals surface area contributed by atoms with E-state index in [4.69, 9.17) is 0 Å². The largest absolute Gasteiger partial charge is 0.477 e. The van der Waals surface area contributed by atoms with E-state index in [2.05, 4.69) is 9.64 Å². The van der Waals surface area contributed by atoms with Gasteiger partial charge >= 0.3 is 11.9 Å². The van der Waals surface area contributed by atoms with Crippen molar-refractivity contribution in [1.82, 2.24) is 4.90 Å². The normalized spacial score (nSPS) is 16.6. The van der Waals surface area contributed by atoms with Crippen molar-refractivity contribution in [1.29, 1.82) is 0 Å². The van der Waals surface area contributed by atoms with Crippen LogP contribution in [-0.4, -0.2) is 55.8 Å². The number of hydrogen-bond donors (Lipinski definition) is 0. The van der Waals surface area contributed by atoms with E-state index < -0.39 is 23.4 Å². The first-order valence-corrected chi connectivity index (χ1v) is 6.68. The lowest BCUT2D eigenvalue weighted by Gasteiger charge is -2.34. The Balaban J connectivity index is 2.18. The molecule has 1 aromatic rings. The lowest BCUT2D eigenvalue weighted by atomic mass is 10.2. The minimum Gasteiger partial charge on any atom is -0.477 e. The van der Waals surface area contributed by atoms with Crippen molar-refractivity contribution in [2.24, 2.45) is 0 Å². The quantitative estimate of drug-likeness (QED) is 0.629. The number of benzene rings is 1. The van der Waals surface area contributed by atoms with Crippen LogP contribution in [0.4, 0.5) is 24.5 Å². The molecule has 22 heavy (non-hydrogen) atoms. The topological polar surface area (TPSA) is 58.8 Å². The van der Waals surface area contributed by atoms with Gasteiger partial charge in [-0.15, -0.1) is 0 Å². The number of ether oxygens (including phenoxy) is 1. The van der Waals surface area contributed by atoms with Gasteiger partial charge in [0.25, 0.3) is 0 Å². The van der Waals surface area contributed by atoms with Crippen LogP contribution < -0.4 is 9.64 Å². The van der Waals surface area contributed by atoms with E-state index in [1.54, 1.807) is 6.07 Å². The van der Waals surface area contributed by atoms with Crippen molar-refractivity contribution in [3.63, 3.8) is 0 Å². The summed E-state index contributed by atoms with van der Waals surface area (Å²) in [5.74, 6) is -0.375. The van der Waals surface area contributed by atoms with E-state index in [-0.39, 0.29) is 5.75 Å². The van der Waals surface area contributed by atoms with Gasteiger partial charge < -0.3 is 14.5 Å². The summed E-state index contributed by atoms with van der Waals surface area (Å²) in [5, 5.41) is 11.1. The molecule has 1 aliphatic heterocycles. The van der Waals surface area contributed by atoms with E-state index in [0.717, 1.165) is 13.1 Å². The number of nitro benzene ring substituents is 1. The summed E-state index contributed by atoms with van der Waals surface area (Å²) >= 11 is 0. The number of halogens is 3. The second kappa shape index (κ2) is 6.39. The fourth-order valence-corrected chi connectivity index (χ4v) is 2.19. The van der Waals surface area contributed by atoms with Crippen molar-refractivity contribution < 1.29 is 22.8 Å². The fourth-order valence-electron chi connectivity index (χ4n) is 2.19. The Morgan fingerprint density at radius 1 is 1.27 bits per heavy atom. The first kappa shape index (κ1) is 16.3. The van der Waals surface area contributed by atoms with Gasteiger partial charge in [-0.1, -0.05) is 0 Å². The van der Waals surface area contributed by atoms with Gasteiger partial charge in [0.15, 0.2) is 12.4 Å². The van der Waals surface area contributed by atoms with E-state index in [9.17, 15) is 23.3 Å². The maximum absolute atomic E-state index is 12.2. The molecule has 0 atom stereocenters. The van der Waals surface area contributed by atoms with Crippen LogP contribution in [0.15, 0.2) is 18.2 Å². The molecule has 0 unspecified atom stereocenters. The molecular weight excluding hydrogens is 303 g/mol. The number of hydrogen-bond acceptors (Lipinski definition) is 5. The standard InChI is InChI=1S/C13H16F3N3O3/c1-17-4-6-18(7-5-17)10-2-3-12(11(8-10)19(20)21)22-9-13(14,15)16/h2-3,8H,4-7,9H2,1H3. The molecular formula is C13H16F3N3O3. The number of piperazine rings is 1. The van der Waals surface area contributed by atoms with Gasteiger partial charge in [0, 0.05) is 37.9 Å². The van der Waals surface area contributed by atoms with Gasteiger partial charge in [0.1, 0.15) is 0 Å². The highest BCUT2D eigenvalue weighted by atomic mass is 19.4. The molecule has 2 rings (SSSR count). The van der Waals surface area contributed by atoms with Crippen LogP contribution in [0.3, 0.4) is 0 Å². The molecule has 1 heterocycles. The Bertz CT molecular complexity index is 543. The maximum atomic E-state index is 12.2. The first-order valence-electron chi connectivity index (χ1n) is 6.68. The number of anilines is 1. The molecule has 0 bridgehead atoms. The Hall–Kier alpha value is -2.03. The Kier molecular flexibility index (Phi) is 4.74. The fraction of sp³-hybridized carbons (Fsp3) is 0.538. The summed E-state index contributed by atoms with van der Waals surface area (Å²) in [6.07, 6.45) is -4.54. The Morgan fingerprint density at radius 3 is 2.45 bits per heavy atom. The minimum absolute atomic E-state index is 0.375. The number of nitrogens with zero attached hydrogens (tertiary/aromatic N) is 3. The predicted octanol–water partition coefficient (Wildman–Crippen LogP) is 2.29. The van der Waals surface area contributed by atoms with Crippen LogP contribution in [0.25, 0.3) is 0 Å². The molecule has 0 amide bonds. The zero-order chi connectivity index (χ0) is 16.3. The molecule has 122 valence electrons. The molecule has 0 aromatic heterocycles. The van der Waals surface area contributed by atoms with Crippen LogP contribution >= 0.6 is 0 Å². The Labute approximate surface area is 125 Å². The molecule has 6 nitrogen and oxygen atoms in total. The van der Waals surface area contributed by atoms with Crippen molar-refractivity contribution in [3.05, 3.63) is 28.3 Å². The van der Waals surface area contributed by atoms with Gasteiger partial charge in [0.2, 0.25) is 0 Å². The molecule has 9 heteroatoms. The minimum atomic E-state index is -4.54. The number of rotatable bonds is 4. The van der Waals surface area contributed by atoms with Crippen molar-refractivity contribution in [2.45, 2.75) is 6.18 Å². The summed E-state index contributed by atoms with van der Waals surface area (Å²) in [6.45, 7) is 1.49. The highest BCUT2D eigenvalue weighted by Gasteiger charge is 2.30. The lowest BCUT2D eigenvalue weighted by Crippen LogP contribution is -2.44. The maximum Gasteiger partial charge on any atom is 0.422 e. The van der Waals surface area contributed by atoms with Gasteiger partial charge in [-0.25, -0.2) is 0 Å². The first-order chi connectivity index (χ1) is 10.3. The lowest BCUT2D eigenvalue weighted by molar-refractivity contribution is -0.386. The highest BCUT2D eigenvalue weighted by molar-refractivity contribution is 5.60. The van der Waals surface area contributed by atoms with Crippen molar-refractivity contribution >= 4 is 11.4 Å². The zero-order valence-corrected chi connectivity index (χ0v) is 12.0. The molecule has 0 aliphatic carbocycles. The van der Waals surface area contributed by atoms with Gasteiger partial charge in [-0.3, -0.25) is 10.1 Å². The van der Waals surface area contributed by atoms with E-state index in [0.29, 0.717) is 18.8 Å². The summed E-state index contributed by atoms with van der Waals surface area (Å²) in [7, 11) is 1.98. The summed E-state index contributed by atoms with van der Waals surface area (Å²) in [5.41, 5.74) is 0.153. The average Bonchev–Trinajstić information content (AvgIpc) is 2.45. The van der Waals surface area contributed by atoms with E-state index >= 15 is 0 Å². The molecule has 1 aromatic carbocycles. The number of likely N-dealkylation sites (N-methyl/N-ethyl adjacent to an activating group) is 1. The predicted molar refractivity (Wildman–Crippen MR) is 74.4 cm³/mol. The molecule has 0 saturated carbocycles. The summed E-state index contributed by atoms with van der Waals surface area (Å²) in [6, 6.07) is 4.03. The zero-order valence-electron chi connectivity index (χ0n) is 12.0. The number of nitro groups is 1. The third-order valence-corrected chi connectivity index (χ3v) is 3.40. The SMILES string of the molecule is CN1CCN(c2ccc(OCC(F)(F)F)c([N+](=O)[O-])c2)CC1. The molecule has 0 N–H and O–H groups in total. The van der Waals surface area contributed by atoms with Crippen LogP contribution in [-0.2, 0) is 0 Å². The van der Waals surface area contributed by atoms with E-state index in [1.165, 1.54) is 12.1 Å². The van der Waals surface area contributed by atoms with Crippen LogP contribution in [0.1, 0.15) is 0 Å². The molecule has 1 fully saturated rings. The Morgan fingerprint density at radius 2 is 1.91 bits per heavy atom. The highest BCUT2D eigenvalue weighted by Crippen LogP contribution is 2.33. The molecule has 1 aliphatic rings. The molecule has 0 radical (unpaired) electrons. The third-order valence-electron chi connectivity index (χ3n) is 3.40. The second-order valence-electron chi connectivity index (χ2n) is 5.10. The average molecular weight is 319 g/mol. The number of alkyl halides is 3. The second-order valence-corrected chi connectivity index (χ2v) is 5.10. The smallest absolute Gasteiger partial charge is 0.422 e. The summed E-state index contributed by atoms with van der Waals surface area (Å²) in [4.78, 5) is 14.4.